The Morgan fingerprint density at radius 2 is 1.94 bits per heavy atom. The minimum atomic E-state index is -0.946. The topological polar surface area (TPSA) is 89.0 Å². The summed E-state index contributed by atoms with van der Waals surface area (Å²) in [6.45, 7) is 4.68. The maximum atomic E-state index is 14.8. The van der Waals surface area contributed by atoms with E-state index in [-0.39, 0.29) is 25.4 Å². The number of ether oxygens (including phenoxy) is 2. The van der Waals surface area contributed by atoms with Gasteiger partial charge in [-0.1, -0.05) is 18.2 Å². The highest BCUT2D eigenvalue weighted by Crippen LogP contribution is 2.38. The molecule has 0 bridgehead atoms. The molecular weight excluding hydrogens is 451 g/mol. The Morgan fingerprint density at radius 3 is 2.69 bits per heavy atom. The van der Waals surface area contributed by atoms with Crippen LogP contribution < -0.4 is 4.74 Å². The van der Waals surface area contributed by atoms with Crippen LogP contribution in [0.25, 0.3) is 11.1 Å². The van der Waals surface area contributed by atoms with Crippen LogP contribution in [0, 0.1) is 12.7 Å². The zero-order chi connectivity index (χ0) is 24.9. The van der Waals surface area contributed by atoms with Crippen molar-refractivity contribution >= 4 is 12.1 Å². The van der Waals surface area contributed by atoms with Crippen LogP contribution in [0.4, 0.5) is 9.18 Å². The molecule has 35 heavy (non-hydrogen) atoms. The fourth-order valence-corrected chi connectivity index (χ4v) is 4.30. The molecule has 0 spiro atoms. The molecule has 1 aromatic heterocycles. The number of fused-ring (bicyclic) bond motifs is 1. The van der Waals surface area contributed by atoms with Crippen LogP contribution in [0.3, 0.4) is 0 Å². The molecule has 7 nitrogen and oxygen atoms in total. The van der Waals surface area contributed by atoms with E-state index in [0.29, 0.717) is 58.8 Å². The van der Waals surface area contributed by atoms with Gasteiger partial charge in [-0.3, -0.25) is 9.78 Å². The highest BCUT2D eigenvalue weighted by atomic mass is 19.1. The SMILES string of the molecule is CCOc1ccc(CC(=O)O)cc1-c1ccc(F)c2c1CN(C(=O)OCc1cccc(C)n1)CC2. The van der Waals surface area contributed by atoms with Gasteiger partial charge >= 0.3 is 12.1 Å². The molecule has 182 valence electrons. The van der Waals surface area contributed by atoms with Crippen LogP contribution in [-0.2, 0) is 35.5 Å². The maximum Gasteiger partial charge on any atom is 0.410 e. The molecule has 1 amide bonds. The molecule has 0 unspecified atom stereocenters. The summed E-state index contributed by atoms with van der Waals surface area (Å²) in [5, 5.41) is 9.23. The van der Waals surface area contributed by atoms with E-state index in [4.69, 9.17) is 9.47 Å². The lowest BCUT2D eigenvalue weighted by molar-refractivity contribution is -0.136. The number of carboxylic acids is 1. The minimum Gasteiger partial charge on any atom is -0.493 e. The van der Waals surface area contributed by atoms with Crippen LogP contribution in [0.15, 0.2) is 48.5 Å². The van der Waals surface area contributed by atoms with Crippen molar-refractivity contribution < 1.29 is 28.6 Å². The van der Waals surface area contributed by atoms with E-state index >= 15 is 0 Å². The largest absolute Gasteiger partial charge is 0.493 e. The van der Waals surface area contributed by atoms with Crippen LogP contribution in [-0.4, -0.2) is 40.2 Å². The number of amides is 1. The van der Waals surface area contributed by atoms with Gasteiger partial charge in [0.25, 0.3) is 0 Å². The number of hydrogen-bond acceptors (Lipinski definition) is 5. The van der Waals surface area contributed by atoms with E-state index < -0.39 is 12.1 Å². The molecule has 1 aliphatic rings. The summed E-state index contributed by atoms with van der Waals surface area (Å²) in [6.07, 6.45) is -0.307. The number of aromatic nitrogens is 1. The number of pyridine rings is 1. The molecule has 1 N–H and O–H groups in total. The lowest BCUT2D eigenvalue weighted by atomic mass is 9.89. The summed E-state index contributed by atoms with van der Waals surface area (Å²) in [5.41, 5.74) is 4.66. The van der Waals surface area contributed by atoms with Gasteiger partial charge < -0.3 is 19.5 Å². The zero-order valence-electron chi connectivity index (χ0n) is 19.7. The first-order valence-corrected chi connectivity index (χ1v) is 11.5. The van der Waals surface area contributed by atoms with Gasteiger partial charge in [0.1, 0.15) is 18.2 Å². The normalized spacial score (nSPS) is 12.7. The number of nitrogens with zero attached hydrogens (tertiary/aromatic N) is 2. The van der Waals surface area contributed by atoms with Crippen molar-refractivity contribution in [2.75, 3.05) is 13.2 Å². The second-order valence-electron chi connectivity index (χ2n) is 8.38. The predicted molar refractivity (Wildman–Crippen MR) is 128 cm³/mol. The number of aliphatic carboxylic acids is 1. The number of carboxylic acid groups (broad SMARTS) is 1. The van der Waals surface area contributed by atoms with Gasteiger partial charge in [-0.25, -0.2) is 9.18 Å². The molecule has 1 aliphatic heterocycles. The van der Waals surface area contributed by atoms with E-state index in [9.17, 15) is 19.1 Å². The van der Waals surface area contributed by atoms with Crippen molar-refractivity contribution in [1.82, 2.24) is 9.88 Å². The zero-order valence-corrected chi connectivity index (χ0v) is 19.7. The standard InChI is InChI=1S/C27H27FN2O5/c1-3-34-25-10-7-18(14-26(31)32)13-22(25)20-8-9-24(28)21-11-12-30(15-23(20)21)27(33)35-16-19-6-4-5-17(2)29-19/h4-10,13H,3,11-12,14-16H2,1-2H3,(H,31,32). The first kappa shape index (κ1) is 24.2. The fraction of sp³-hybridized carbons (Fsp3) is 0.296. The lowest BCUT2D eigenvalue weighted by Gasteiger charge is -2.30. The van der Waals surface area contributed by atoms with Gasteiger partial charge in [0, 0.05) is 24.3 Å². The summed E-state index contributed by atoms with van der Waals surface area (Å²) >= 11 is 0. The first-order valence-electron chi connectivity index (χ1n) is 11.5. The summed E-state index contributed by atoms with van der Waals surface area (Å²) in [7, 11) is 0. The quantitative estimate of drug-likeness (QED) is 0.519. The van der Waals surface area contributed by atoms with Crippen molar-refractivity contribution in [1.29, 1.82) is 0 Å². The fourth-order valence-electron chi connectivity index (χ4n) is 4.30. The lowest BCUT2D eigenvalue weighted by Crippen LogP contribution is -2.37. The second-order valence-corrected chi connectivity index (χ2v) is 8.38. The molecule has 2 heterocycles. The number of benzene rings is 2. The predicted octanol–water partition coefficient (Wildman–Crippen LogP) is 4.92. The molecule has 0 aliphatic carbocycles. The number of rotatable bonds is 7. The van der Waals surface area contributed by atoms with Crippen molar-refractivity contribution in [2.45, 2.75) is 39.8 Å². The van der Waals surface area contributed by atoms with E-state index in [2.05, 4.69) is 4.98 Å². The van der Waals surface area contributed by atoms with Crippen molar-refractivity contribution in [3.05, 3.63) is 82.4 Å². The van der Waals surface area contributed by atoms with Gasteiger partial charge in [0.05, 0.1) is 18.7 Å². The van der Waals surface area contributed by atoms with Gasteiger partial charge in [-0.2, -0.15) is 0 Å². The Kier molecular flexibility index (Phi) is 7.29. The summed E-state index contributed by atoms with van der Waals surface area (Å²) in [4.78, 5) is 30.0. The van der Waals surface area contributed by atoms with Gasteiger partial charge in [-0.05, 0) is 72.9 Å². The second kappa shape index (κ2) is 10.5. The van der Waals surface area contributed by atoms with E-state index in [0.717, 1.165) is 5.69 Å². The van der Waals surface area contributed by atoms with Crippen LogP contribution in [0.5, 0.6) is 5.75 Å². The monoisotopic (exact) mass is 478 g/mol. The minimum absolute atomic E-state index is 0.0472. The molecule has 3 aromatic rings. The summed E-state index contributed by atoms with van der Waals surface area (Å²) in [5.74, 6) is -0.709. The molecule has 0 radical (unpaired) electrons. The van der Waals surface area contributed by atoms with Crippen LogP contribution >= 0.6 is 0 Å². The average Bonchev–Trinajstić information content (AvgIpc) is 2.83. The van der Waals surface area contributed by atoms with Crippen molar-refractivity contribution in [3.63, 3.8) is 0 Å². The Bertz CT molecular complexity index is 1260. The number of carbonyl (C=O) groups excluding carboxylic acids is 1. The van der Waals surface area contributed by atoms with E-state index in [1.165, 1.54) is 6.07 Å². The highest BCUT2D eigenvalue weighted by molar-refractivity contribution is 5.78. The van der Waals surface area contributed by atoms with Crippen LogP contribution in [0.1, 0.15) is 35.0 Å². The molecule has 8 heteroatoms. The van der Waals surface area contributed by atoms with E-state index in [1.807, 2.05) is 26.0 Å². The summed E-state index contributed by atoms with van der Waals surface area (Å²) in [6, 6.07) is 13.8. The van der Waals surface area contributed by atoms with E-state index in [1.54, 1.807) is 35.2 Å². The number of halogens is 1. The van der Waals surface area contributed by atoms with Crippen molar-refractivity contribution in [2.24, 2.45) is 0 Å². The molecular formula is C27H27FN2O5. The Morgan fingerprint density at radius 1 is 1.11 bits per heavy atom. The summed E-state index contributed by atoms with van der Waals surface area (Å²) < 4.78 is 26.0. The Labute approximate surface area is 203 Å². The number of hydrogen-bond donors (Lipinski definition) is 1. The Hall–Kier alpha value is -3.94. The third-order valence-electron chi connectivity index (χ3n) is 5.89. The molecule has 0 fully saturated rings. The average molecular weight is 479 g/mol. The van der Waals surface area contributed by atoms with Gasteiger partial charge in [0.15, 0.2) is 0 Å². The molecule has 0 atom stereocenters. The molecule has 4 rings (SSSR count). The van der Waals surface area contributed by atoms with Gasteiger partial charge in [0.2, 0.25) is 0 Å². The molecule has 0 saturated heterocycles. The third-order valence-corrected chi connectivity index (χ3v) is 5.89. The third kappa shape index (κ3) is 5.59. The van der Waals surface area contributed by atoms with Crippen molar-refractivity contribution in [3.8, 4) is 16.9 Å². The molecule has 0 saturated carbocycles. The maximum absolute atomic E-state index is 14.8. The first-order chi connectivity index (χ1) is 16.9. The smallest absolute Gasteiger partial charge is 0.410 e. The number of aryl methyl sites for hydroxylation is 1. The highest BCUT2D eigenvalue weighted by Gasteiger charge is 2.27. The Balaban J connectivity index is 1.64. The van der Waals surface area contributed by atoms with Gasteiger partial charge in [-0.15, -0.1) is 0 Å². The molecule has 2 aromatic carbocycles. The number of carbonyl (C=O) groups is 2. The van der Waals surface area contributed by atoms with Crippen LogP contribution in [0.2, 0.25) is 0 Å².